The van der Waals surface area contributed by atoms with Crippen LogP contribution in [0.15, 0.2) is 0 Å². The third-order valence-electron chi connectivity index (χ3n) is 0.211. The first kappa shape index (κ1) is 24.2. The third kappa shape index (κ3) is 247. The van der Waals surface area contributed by atoms with Crippen LogP contribution in [-0.2, 0) is 24.7 Å². The Bertz CT molecular complexity index is 269. The highest BCUT2D eigenvalue weighted by molar-refractivity contribution is 7.85. The fraction of sp³-hybridized carbons (Fsp3) is 1.00. The van der Waals surface area contributed by atoms with Crippen LogP contribution in [0.25, 0.3) is 0 Å². The molecule has 0 atom stereocenters. The molecular formula is C6H20O7S2. The van der Waals surface area contributed by atoms with E-state index in [9.17, 15) is 16.8 Å². The van der Waals surface area contributed by atoms with Crippen LogP contribution >= 0.6 is 0 Å². The molecule has 2 N–H and O–H groups in total. The molecule has 0 fully saturated rings. The van der Waals surface area contributed by atoms with Gasteiger partial charge in [0.05, 0.1) is 13.4 Å². The minimum Gasteiger partial charge on any atom is -0.286 e. The predicted molar refractivity (Wildman–Crippen MR) is 58.7 cm³/mol. The van der Waals surface area contributed by atoms with Gasteiger partial charge in [0.15, 0.2) is 0 Å². The molecule has 0 aliphatic rings. The summed E-state index contributed by atoms with van der Waals surface area (Å²) in [4.78, 5) is 0. The summed E-state index contributed by atoms with van der Waals surface area (Å²) in [6, 6.07) is 0. The summed E-state index contributed by atoms with van der Waals surface area (Å²) in [5.74, 6) is 0. The Kier molecular flexibility index (Phi) is 22.2. The number of rotatable bonds is 1. The Morgan fingerprint density at radius 2 is 0.933 bits per heavy atom. The van der Waals surface area contributed by atoms with Crippen LogP contribution in [0.1, 0.15) is 27.7 Å². The molecular weight excluding hydrogens is 248 g/mol. The maximum Gasteiger partial charge on any atom is 0.397 e. The molecule has 0 spiro atoms. The molecule has 0 radical (unpaired) electrons. The van der Waals surface area contributed by atoms with Crippen LogP contribution in [0.4, 0.5) is 0 Å². The Labute approximate surface area is 92.2 Å². The minimum atomic E-state index is -4.16. The van der Waals surface area contributed by atoms with Gasteiger partial charge in [0.2, 0.25) is 0 Å². The first-order valence-electron chi connectivity index (χ1n) is 4.01. The summed E-state index contributed by atoms with van der Waals surface area (Å²) in [5, 5.41) is 0. The van der Waals surface area contributed by atoms with Gasteiger partial charge in [0, 0.05) is 0 Å². The van der Waals surface area contributed by atoms with Crippen molar-refractivity contribution < 1.29 is 30.1 Å². The molecule has 9 heteroatoms. The largest absolute Gasteiger partial charge is 0.397 e. The maximum atomic E-state index is 9.33. The highest BCUT2D eigenvalue weighted by Crippen LogP contribution is 1.74. The Morgan fingerprint density at radius 3 is 0.933 bits per heavy atom. The summed E-state index contributed by atoms with van der Waals surface area (Å²) in [5.41, 5.74) is 0. The van der Waals surface area contributed by atoms with Crippen LogP contribution in [0.3, 0.4) is 0 Å². The second-order valence-corrected chi connectivity index (χ2v) is 3.98. The Hall–Kier alpha value is -0.220. The lowest BCUT2D eigenvalue weighted by Crippen LogP contribution is -1.96. The van der Waals surface area contributed by atoms with Gasteiger partial charge in [-0.2, -0.15) is 16.8 Å². The van der Waals surface area contributed by atoms with E-state index in [1.54, 1.807) is 0 Å². The first-order chi connectivity index (χ1) is 6.56. The molecule has 15 heavy (non-hydrogen) atoms. The van der Waals surface area contributed by atoms with Gasteiger partial charge in [-0.15, -0.1) is 0 Å². The number of hydrogen-bond donors (Lipinski definition) is 2. The van der Waals surface area contributed by atoms with Gasteiger partial charge in [-0.1, -0.05) is 27.7 Å². The van der Waals surface area contributed by atoms with Crippen molar-refractivity contribution in [3.63, 3.8) is 0 Å². The van der Waals surface area contributed by atoms with E-state index in [2.05, 4.69) is 4.18 Å². The Morgan fingerprint density at radius 1 is 0.867 bits per heavy atom. The van der Waals surface area contributed by atoms with E-state index >= 15 is 0 Å². The summed E-state index contributed by atoms with van der Waals surface area (Å²) in [6.45, 7) is 8.00. The molecule has 0 aliphatic heterocycles. The second kappa shape index (κ2) is 13.8. The van der Waals surface area contributed by atoms with Crippen molar-refractivity contribution in [1.29, 1.82) is 0 Å². The van der Waals surface area contributed by atoms with Crippen molar-refractivity contribution in [3.05, 3.63) is 0 Å². The molecule has 0 aromatic carbocycles. The van der Waals surface area contributed by atoms with Gasteiger partial charge >= 0.3 is 10.4 Å². The van der Waals surface area contributed by atoms with Crippen LogP contribution in [0.5, 0.6) is 0 Å². The predicted octanol–water partition coefficient (Wildman–Crippen LogP) is 0.992. The van der Waals surface area contributed by atoms with E-state index in [-0.39, 0.29) is 0 Å². The van der Waals surface area contributed by atoms with Crippen molar-refractivity contribution >= 4 is 20.5 Å². The molecule has 0 aromatic heterocycles. The van der Waals surface area contributed by atoms with Crippen molar-refractivity contribution in [3.8, 4) is 0 Å². The van der Waals surface area contributed by atoms with E-state index in [1.165, 1.54) is 0 Å². The lowest BCUT2D eigenvalue weighted by atomic mass is 11.0. The average Bonchev–Trinajstić information content (AvgIpc) is 2.07. The highest BCUT2D eigenvalue weighted by Gasteiger charge is 1.94. The molecule has 0 unspecified atom stereocenters. The highest BCUT2D eigenvalue weighted by atomic mass is 32.3. The van der Waals surface area contributed by atoms with E-state index in [4.69, 9.17) is 9.11 Å². The summed E-state index contributed by atoms with van der Waals surface area (Å²) >= 11 is 0. The van der Waals surface area contributed by atoms with Gasteiger partial charge in [0.1, 0.15) is 0 Å². The second-order valence-electron chi connectivity index (χ2n) is 1.33. The van der Waals surface area contributed by atoms with Gasteiger partial charge in [-0.25, -0.2) is 0 Å². The van der Waals surface area contributed by atoms with E-state index in [0.29, 0.717) is 6.26 Å². The number of hydrogen-bond acceptors (Lipinski definition) is 5. The summed E-state index contributed by atoms with van der Waals surface area (Å²) in [6.07, 6.45) is 0.715. The van der Waals surface area contributed by atoms with E-state index in [1.807, 2.05) is 27.7 Å². The molecule has 0 rings (SSSR count). The normalized spacial score (nSPS) is 9.33. The zero-order chi connectivity index (χ0) is 13.7. The van der Waals surface area contributed by atoms with Crippen LogP contribution in [-0.4, -0.2) is 39.3 Å². The van der Waals surface area contributed by atoms with E-state index in [0.717, 1.165) is 7.11 Å². The van der Waals surface area contributed by atoms with Gasteiger partial charge < -0.3 is 0 Å². The fourth-order valence-corrected chi connectivity index (χ4v) is 0. The third-order valence-corrected chi connectivity index (χ3v) is 0.632. The van der Waals surface area contributed by atoms with Gasteiger partial charge in [-0.05, 0) is 0 Å². The molecule has 0 amide bonds. The smallest absolute Gasteiger partial charge is 0.286 e. The molecule has 0 bridgehead atoms. The minimum absolute atomic E-state index is 0.715. The molecule has 0 heterocycles. The van der Waals surface area contributed by atoms with Crippen LogP contribution in [0, 0.1) is 0 Å². The lowest BCUT2D eigenvalue weighted by Gasteiger charge is -1.82. The standard InChI is InChI=1S/2C2H6.CH4O4S.CH4O3S/c2*1-2;1-5-6(2,3)4;1-5(2,3)4/h2*1-2H3;1H3,(H,2,3,4);1H3,(H,2,3,4). The molecule has 0 saturated heterocycles. The van der Waals surface area contributed by atoms with E-state index < -0.39 is 20.5 Å². The first-order valence-corrected chi connectivity index (χ1v) is 7.23. The molecule has 0 saturated carbocycles. The average molecular weight is 268 g/mol. The monoisotopic (exact) mass is 268 g/mol. The van der Waals surface area contributed by atoms with Crippen molar-refractivity contribution in [2.45, 2.75) is 27.7 Å². The summed E-state index contributed by atoms with van der Waals surface area (Å²) < 4.78 is 55.6. The lowest BCUT2D eigenvalue weighted by molar-refractivity contribution is 0.324. The fourth-order valence-electron chi connectivity index (χ4n) is 0. The SMILES string of the molecule is CC.CC.COS(=O)(=O)O.CS(=O)(=O)O. The molecule has 98 valence electrons. The van der Waals surface area contributed by atoms with Crippen LogP contribution in [0.2, 0.25) is 0 Å². The summed E-state index contributed by atoms with van der Waals surface area (Å²) in [7, 11) is -6.96. The topological polar surface area (TPSA) is 118 Å². The molecule has 0 aromatic rings. The zero-order valence-corrected chi connectivity index (χ0v) is 11.4. The van der Waals surface area contributed by atoms with Crippen molar-refractivity contribution in [1.82, 2.24) is 0 Å². The maximum absolute atomic E-state index is 9.33. The van der Waals surface area contributed by atoms with Crippen LogP contribution < -0.4 is 0 Å². The molecule has 7 nitrogen and oxygen atoms in total. The van der Waals surface area contributed by atoms with Crippen molar-refractivity contribution in [2.24, 2.45) is 0 Å². The van der Waals surface area contributed by atoms with Crippen molar-refractivity contribution in [2.75, 3.05) is 13.4 Å². The molecule has 0 aliphatic carbocycles. The van der Waals surface area contributed by atoms with Gasteiger partial charge in [-0.3, -0.25) is 13.3 Å². The van der Waals surface area contributed by atoms with Gasteiger partial charge in [0.25, 0.3) is 10.1 Å². The quantitative estimate of drug-likeness (QED) is 0.681. The zero-order valence-electron chi connectivity index (χ0n) is 9.75. The Balaban J connectivity index is -0.0000000610.